The van der Waals surface area contributed by atoms with E-state index in [4.69, 9.17) is 9.47 Å². The van der Waals surface area contributed by atoms with Gasteiger partial charge in [-0.3, -0.25) is 4.79 Å². The van der Waals surface area contributed by atoms with Crippen molar-refractivity contribution in [1.82, 2.24) is 0 Å². The van der Waals surface area contributed by atoms with Gasteiger partial charge in [-0.25, -0.2) is 4.39 Å². The van der Waals surface area contributed by atoms with Crippen molar-refractivity contribution in [3.05, 3.63) is 30.1 Å². The molecule has 0 atom stereocenters. The molecule has 4 heteroatoms. The van der Waals surface area contributed by atoms with Gasteiger partial charge in [0.15, 0.2) is 0 Å². The predicted octanol–water partition coefficient (Wildman–Crippen LogP) is 2.94. The van der Waals surface area contributed by atoms with Crippen LogP contribution in [0.4, 0.5) is 4.39 Å². The van der Waals surface area contributed by atoms with Crippen molar-refractivity contribution in [3.8, 4) is 5.75 Å². The Morgan fingerprint density at radius 1 is 1.35 bits per heavy atom. The Kier molecular flexibility index (Phi) is 4.49. The Bertz CT molecular complexity index is 382. The maximum atomic E-state index is 12.8. The zero-order valence-electron chi connectivity index (χ0n) is 10.3. The van der Waals surface area contributed by atoms with E-state index in [1.54, 1.807) is 32.9 Å². The summed E-state index contributed by atoms with van der Waals surface area (Å²) in [6.45, 7) is 5.59. The van der Waals surface area contributed by atoms with E-state index in [0.717, 1.165) is 0 Å². The number of benzene rings is 1. The Labute approximate surface area is 101 Å². The molecular weight excluding hydrogens is 223 g/mol. The molecule has 0 aliphatic carbocycles. The van der Waals surface area contributed by atoms with E-state index in [0.29, 0.717) is 5.75 Å². The lowest BCUT2D eigenvalue weighted by molar-refractivity contribution is -0.155. The van der Waals surface area contributed by atoms with E-state index >= 15 is 0 Å². The van der Waals surface area contributed by atoms with Crippen molar-refractivity contribution in [1.29, 1.82) is 0 Å². The molecule has 1 aromatic carbocycles. The number of ether oxygens (including phenoxy) is 2. The molecule has 0 unspecified atom stereocenters. The summed E-state index contributed by atoms with van der Waals surface area (Å²) >= 11 is 0. The highest BCUT2D eigenvalue weighted by molar-refractivity contribution is 5.69. The molecule has 0 saturated heterocycles. The summed E-state index contributed by atoms with van der Waals surface area (Å²) < 4.78 is 23.1. The molecule has 0 amide bonds. The molecule has 0 bridgehead atoms. The highest BCUT2D eigenvalue weighted by Crippen LogP contribution is 2.13. The van der Waals surface area contributed by atoms with Crippen molar-refractivity contribution >= 4 is 5.97 Å². The fraction of sp³-hybridized carbons (Fsp3) is 0.462. The summed E-state index contributed by atoms with van der Waals surface area (Å²) in [5, 5.41) is 0. The van der Waals surface area contributed by atoms with E-state index in [9.17, 15) is 9.18 Å². The number of carbonyl (C=O) groups excluding carboxylic acids is 1. The lowest BCUT2D eigenvalue weighted by Crippen LogP contribution is -2.24. The second kappa shape index (κ2) is 5.66. The van der Waals surface area contributed by atoms with Crippen LogP contribution in [0.2, 0.25) is 0 Å². The van der Waals surface area contributed by atoms with Crippen molar-refractivity contribution in [2.24, 2.45) is 0 Å². The van der Waals surface area contributed by atoms with Crippen LogP contribution < -0.4 is 4.74 Å². The van der Waals surface area contributed by atoms with Gasteiger partial charge in [0.25, 0.3) is 0 Å². The molecule has 0 saturated carbocycles. The van der Waals surface area contributed by atoms with Gasteiger partial charge in [0.2, 0.25) is 0 Å². The number of rotatable bonds is 4. The minimum Gasteiger partial charge on any atom is -0.493 e. The van der Waals surface area contributed by atoms with E-state index in [-0.39, 0.29) is 24.8 Å². The molecule has 0 radical (unpaired) electrons. The molecule has 0 N–H and O–H groups in total. The van der Waals surface area contributed by atoms with E-state index in [1.807, 2.05) is 0 Å². The Balaban J connectivity index is 2.31. The molecule has 3 nitrogen and oxygen atoms in total. The topological polar surface area (TPSA) is 35.5 Å². The van der Waals surface area contributed by atoms with Crippen molar-refractivity contribution in [2.45, 2.75) is 32.8 Å². The standard InChI is InChI=1S/C13H17FO3/c1-13(2,3)17-12(15)7-8-16-11-6-4-5-10(14)9-11/h4-6,9H,7-8H2,1-3H3. The molecule has 94 valence electrons. The molecule has 1 aromatic rings. The third-order valence-corrected chi connectivity index (χ3v) is 1.79. The van der Waals surface area contributed by atoms with Crippen molar-refractivity contribution in [2.75, 3.05) is 6.61 Å². The van der Waals surface area contributed by atoms with E-state index < -0.39 is 5.60 Å². The number of hydrogen-bond donors (Lipinski definition) is 0. The van der Waals surface area contributed by atoms with Crippen LogP contribution in [0.3, 0.4) is 0 Å². The molecule has 0 fully saturated rings. The van der Waals surface area contributed by atoms with Gasteiger partial charge >= 0.3 is 5.97 Å². The van der Waals surface area contributed by atoms with E-state index in [1.165, 1.54) is 12.1 Å². The quantitative estimate of drug-likeness (QED) is 0.759. The molecule has 0 aliphatic rings. The fourth-order valence-corrected chi connectivity index (χ4v) is 1.20. The summed E-state index contributed by atoms with van der Waals surface area (Å²) in [4.78, 5) is 11.3. The second-order valence-electron chi connectivity index (χ2n) is 4.64. The van der Waals surface area contributed by atoms with Gasteiger partial charge in [-0.15, -0.1) is 0 Å². The van der Waals surface area contributed by atoms with Gasteiger partial charge in [0.1, 0.15) is 17.2 Å². The Morgan fingerprint density at radius 3 is 2.65 bits per heavy atom. The second-order valence-corrected chi connectivity index (χ2v) is 4.64. The molecule has 0 aliphatic heterocycles. The van der Waals surface area contributed by atoms with Gasteiger partial charge < -0.3 is 9.47 Å². The number of carbonyl (C=O) groups is 1. The number of esters is 1. The first-order valence-corrected chi connectivity index (χ1v) is 5.47. The fourth-order valence-electron chi connectivity index (χ4n) is 1.20. The summed E-state index contributed by atoms with van der Waals surface area (Å²) in [6, 6.07) is 5.80. The molecule has 1 rings (SSSR count). The lowest BCUT2D eigenvalue weighted by Gasteiger charge is -2.19. The third-order valence-electron chi connectivity index (χ3n) is 1.79. The highest BCUT2D eigenvalue weighted by Gasteiger charge is 2.15. The smallest absolute Gasteiger partial charge is 0.309 e. The van der Waals surface area contributed by atoms with Gasteiger partial charge in [0.05, 0.1) is 13.0 Å². The van der Waals surface area contributed by atoms with Gasteiger partial charge in [-0.1, -0.05) is 6.07 Å². The molecule has 0 aromatic heterocycles. The van der Waals surface area contributed by atoms with Gasteiger partial charge in [-0.05, 0) is 32.9 Å². The van der Waals surface area contributed by atoms with Crippen LogP contribution in [0.25, 0.3) is 0 Å². The average Bonchev–Trinajstić information content (AvgIpc) is 2.14. The summed E-state index contributed by atoms with van der Waals surface area (Å²) in [7, 11) is 0. The van der Waals surface area contributed by atoms with Crippen LogP contribution in [0.1, 0.15) is 27.2 Å². The summed E-state index contributed by atoms with van der Waals surface area (Å²) in [6.07, 6.45) is 0.147. The van der Waals surface area contributed by atoms with Gasteiger partial charge in [-0.2, -0.15) is 0 Å². The zero-order valence-corrected chi connectivity index (χ0v) is 10.3. The SMILES string of the molecule is CC(C)(C)OC(=O)CCOc1cccc(F)c1. The first kappa shape index (κ1) is 13.5. The molecule has 17 heavy (non-hydrogen) atoms. The first-order chi connectivity index (χ1) is 7.87. The van der Waals surface area contributed by atoms with Crippen LogP contribution in [0.15, 0.2) is 24.3 Å². The first-order valence-electron chi connectivity index (χ1n) is 5.47. The monoisotopic (exact) mass is 240 g/mol. The molecule has 0 heterocycles. The van der Waals surface area contributed by atoms with Crippen LogP contribution in [-0.4, -0.2) is 18.2 Å². The number of halogens is 1. The Morgan fingerprint density at radius 2 is 2.06 bits per heavy atom. The molecular formula is C13H17FO3. The number of hydrogen-bond acceptors (Lipinski definition) is 3. The minimum atomic E-state index is -0.490. The van der Waals surface area contributed by atoms with Crippen molar-refractivity contribution < 1.29 is 18.7 Å². The molecule has 0 spiro atoms. The maximum Gasteiger partial charge on any atom is 0.309 e. The van der Waals surface area contributed by atoms with E-state index in [2.05, 4.69) is 0 Å². The minimum absolute atomic E-state index is 0.147. The third kappa shape index (κ3) is 5.90. The summed E-state index contributed by atoms with van der Waals surface area (Å²) in [5.41, 5.74) is -0.490. The van der Waals surface area contributed by atoms with Crippen LogP contribution in [-0.2, 0) is 9.53 Å². The van der Waals surface area contributed by atoms with Crippen LogP contribution in [0, 0.1) is 5.82 Å². The predicted molar refractivity (Wildman–Crippen MR) is 62.4 cm³/mol. The van der Waals surface area contributed by atoms with Crippen molar-refractivity contribution in [3.63, 3.8) is 0 Å². The highest BCUT2D eigenvalue weighted by atomic mass is 19.1. The Hall–Kier alpha value is -1.58. The normalized spacial score (nSPS) is 11.1. The average molecular weight is 240 g/mol. The maximum absolute atomic E-state index is 12.8. The summed E-state index contributed by atoms with van der Waals surface area (Å²) in [5.74, 6) is -0.276. The largest absolute Gasteiger partial charge is 0.493 e. The van der Waals surface area contributed by atoms with Crippen LogP contribution >= 0.6 is 0 Å². The lowest BCUT2D eigenvalue weighted by atomic mass is 10.2. The van der Waals surface area contributed by atoms with Gasteiger partial charge in [0, 0.05) is 6.07 Å². The zero-order chi connectivity index (χ0) is 12.9. The van der Waals surface area contributed by atoms with Crippen LogP contribution in [0.5, 0.6) is 5.75 Å².